The van der Waals surface area contributed by atoms with Gasteiger partial charge in [-0.25, -0.2) is 0 Å². The van der Waals surface area contributed by atoms with E-state index in [0.717, 1.165) is 0 Å². The smallest absolute Gasteiger partial charge is 0.236 e. The number of nitrogens with zero attached hydrogens (tertiary/aromatic N) is 1. The van der Waals surface area contributed by atoms with E-state index in [4.69, 9.17) is 11.0 Å². The van der Waals surface area contributed by atoms with E-state index >= 15 is 0 Å². The predicted molar refractivity (Wildman–Crippen MR) is 41.5 cm³/mol. The molecular formula is C7H13N3O. The van der Waals surface area contributed by atoms with Gasteiger partial charge in [0, 0.05) is 13.0 Å². The second-order valence-corrected chi connectivity index (χ2v) is 2.34. The summed E-state index contributed by atoms with van der Waals surface area (Å²) in [5.74, 6) is -0.164. The predicted octanol–water partition coefficient (Wildman–Crippen LogP) is -0.246. The van der Waals surface area contributed by atoms with Crippen molar-refractivity contribution in [1.29, 1.82) is 5.26 Å². The number of hydrogen-bond donors (Lipinski definition) is 2. The first-order valence-corrected chi connectivity index (χ1v) is 3.58. The lowest BCUT2D eigenvalue weighted by Gasteiger charge is -2.05. The van der Waals surface area contributed by atoms with E-state index in [1.165, 1.54) is 0 Å². The van der Waals surface area contributed by atoms with Crippen LogP contribution in [0.2, 0.25) is 0 Å². The maximum absolute atomic E-state index is 10.8. The summed E-state index contributed by atoms with van der Waals surface area (Å²) < 4.78 is 0. The number of nitrogens with one attached hydrogen (secondary N) is 1. The molecule has 0 aromatic heterocycles. The fourth-order valence-corrected chi connectivity index (χ4v) is 0.540. The zero-order valence-electron chi connectivity index (χ0n) is 6.63. The molecule has 4 nitrogen and oxygen atoms in total. The minimum absolute atomic E-state index is 0.164. The van der Waals surface area contributed by atoms with Gasteiger partial charge in [-0.1, -0.05) is 0 Å². The molecule has 0 rings (SSSR count). The maximum Gasteiger partial charge on any atom is 0.236 e. The molecule has 0 fully saturated rings. The molecule has 0 aliphatic heterocycles. The van der Waals surface area contributed by atoms with E-state index in [2.05, 4.69) is 5.32 Å². The monoisotopic (exact) mass is 155 g/mol. The summed E-state index contributed by atoms with van der Waals surface area (Å²) in [4.78, 5) is 10.8. The first-order valence-electron chi connectivity index (χ1n) is 3.58. The number of amides is 1. The second kappa shape index (κ2) is 5.69. The molecule has 0 saturated carbocycles. The van der Waals surface area contributed by atoms with Crippen molar-refractivity contribution in [3.63, 3.8) is 0 Å². The number of unbranched alkanes of at least 4 members (excludes halogenated alkanes) is 1. The third-order valence-corrected chi connectivity index (χ3v) is 1.18. The van der Waals surface area contributed by atoms with Gasteiger partial charge in [-0.2, -0.15) is 5.26 Å². The quantitative estimate of drug-likeness (QED) is 0.549. The normalized spacial score (nSPS) is 11.7. The molecule has 1 unspecified atom stereocenters. The first-order chi connectivity index (χ1) is 5.18. The average molecular weight is 155 g/mol. The molecule has 4 heteroatoms. The van der Waals surface area contributed by atoms with Gasteiger partial charge in [-0.05, 0) is 13.3 Å². The number of carbonyl (C=O) groups excluding carboxylic acids is 1. The summed E-state index contributed by atoms with van der Waals surface area (Å²) in [6.45, 7) is 2.16. The van der Waals surface area contributed by atoms with Crippen molar-refractivity contribution in [3.05, 3.63) is 0 Å². The molecule has 0 aliphatic carbocycles. The number of rotatable bonds is 4. The number of hydrogen-bond acceptors (Lipinski definition) is 3. The van der Waals surface area contributed by atoms with Crippen LogP contribution in [0.3, 0.4) is 0 Å². The largest absolute Gasteiger partial charge is 0.355 e. The molecule has 62 valence electrons. The van der Waals surface area contributed by atoms with Crippen molar-refractivity contribution in [3.8, 4) is 6.07 Å². The van der Waals surface area contributed by atoms with Gasteiger partial charge in [-0.15, -0.1) is 0 Å². The van der Waals surface area contributed by atoms with E-state index in [-0.39, 0.29) is 5.91 Å². The zero-order valence-corrected chi connectivity index (χ0v) is 6.63. The minimum Gasteiger partial charge on any atom is -0.355 e. The van der Waals surface area contributed by atoms with E-state index in [0.29, 0.717) is 19.4 Å². The van der Waals surface area contributed by atoms with Crippen LogP contribution >= 0.6 is 0 Å². The van der Waals surface area contributed by atoms with Crippen LogP contribution in [-0.4, -0.2) is 18.5 Å². The molecule has 3 N–H and O–H groups in total. The second-order valence-electron chi connectivity index (χ2n) is 2.34. The Bertz CT molecular complexity index is 160. The number of carbonyl (C=O) groups is 1. The van der Waals surface area contributed by atoms with Crippen LogP contribution in [0, 0.1) is 11.3 Å². The molecule has 1 amide bonds. The van der Waals surface area contributed by atoms with Crippen molar-refractivity contribution >= 4 is 5.91 Å². The van der Waals surface area contributed by atoms with Gasteiger partial charge >= 0.3 is 0 Å². The highest BCUT2D eigenvalue weighted by molar-refractivity contribution is 5.80. The van der Waals surface area contributed by atoms with Crippen molar-refractivity contribution in [2.24, 2.45) is 5.73 Å². The summed E-state index contributed by atoms with van der Waals surface area (Å²) in [5, 5.41) is 10.8. The van der Waals surface area contributed by atoms with Crippen LogP contribution in [0.15, 0.2) is 0 Å². The molecular weight excluding hydrogens is 142 g/mol. The van der Waals surface area contributed by atoms with Gasteiger partial charge in [0.1, 0.15) is 0 Å². The summed E-state index contributed by atoms with van der Waals surface area (Å²) in [6, 6.07) is 1.53. The molecule has 1 atom stereocenters. The Morgan fingerprint density at radius 2 is 2.45 bits per heavy atom. The summed E-state index contributed by atoms with van der Waals surface area (Å²) in [7, 11) is 0. The molecule has 0 aliphatic rings. The molecule has 0 aromatic carbocycles. The Hall–Kier alpha value is -1.08. The van der Waals surface area contributed by atoms with Crippen LogP contribution in [-0.2, 0) is 4.79 Å². The molecule has 0 radical (unpaired) electrons. The third-order valence-electron chi connectivity index (χ3n) is 1.18. The van der Waals surface area contributed by atoms with Gasteiger partial charge in [0.05, 0.1) is 12.1 Å². The SMILES string of the molecule is CC(N)C(=O)NCCCC#N. The van der Waals surface area contributed by atoms with Crippen LogP contribution in [0.1, 0.15) is 19.8 Å². The highest BCUT2D eigenvalue weighted by atomic mass is 16.2. The Morgan fingerprint density at radius 3 is 2.91 bits per heavy atom. The van der Waals surface area contributed by atoms with E-state index in [1.54, 1.807) is 6.92 Å². The first kappa shape index (κ1) is 9.92. The molecule has 0 heterocycles. The molecule has 0 bridgehead atoms. The van der Waals surface area contributed by atoms with Gasteiger partial charge < -0.3 is 11.1 Å². The topological polar surface area (TPSA) is 78.9 Å². The Balaban J connectivity index is 3.26. The summed E-state index contributed by atoms with van der Waals surface area (Å²) in [5.41, 5.74) is 5.27. The van der Waals surface area contributed by atoms with Crippen LogP contribution in [0.25, 0.3) is 0 Å². The summed E-state index contributed by atoms with van der Waals surface area (Å²) >= 11 is 0. The average Bonchev–Trinajstić information content (AvgIpc) is 1.97. The molecule has 0 saturated heterocycles. The van der Waals surface area contributed by atoms with Crippen molar-refractivity contribution in [2.45, 2.75) is 25.8 Å². The molecule has 0 aromatic rings. The van der Waals surface area contributed by atoms with Gasteiger partial charge in [0.25, 0.3) is 0 Å². The fraction of sp³-hybridized carbons (Fsp3) is 0.714. The summed E-state index contributed by atoms with van der Waals surface area (Å²) in [6.07, 6.45) is 1.16. The van der Waals surface area contributed by atoms with E-state index in [1.807, 2.05) is 6.07 Å². The van der Waals surface area contributed by atoms with Crippen molar-refractivity contribution in [1.82, 2.24) is 5.32 Å². The Kier molecular flexibility index (Phi) is 5.13. The standard InChI is InChI=1S/C7H13N3O/c1-6(9)7(11)10-5-3-2-4-8/h6H,2-3,5,9H2,1H3,(H,10,11). The highest BCUT2D eigenvalue weighted by Gasteiger charge is 2.04. The highest BCUT2D eigenvalue weighted by Crippen LogP contribution is 1.83. The van der Waals surface area contributed by atoms with Crippen LogP contribution in [0.5, 0.6) is 0 Å². The van der Waals surface area contributed by atoms with E-state index in [9.17, 15) is 4.79 Å². The van der Waals surface area contributed by atoms with Gasteiger partial charge in [-0.3, -0.25) is 4.79 Å². The minimum atomic E-state index is -0.461. The number of nitriles is 1. The van der Waals surface area contributed by atoms with Crippen LogP contribution < -0.4 is 11.1 Å². The molecule has 0 spiro atoms. The molecule has 11 heavy (non-hydrogen) atoms. The van der Waals surface area contributed by atoms with Crippen LogP contribution in [0.4, 0.5) is 0 Å². The Labute approximate surface area is 66.4 Å². The van der Waals surface area contributed by atoms with E-state index < -0.39 is 6.04 Å². The lowest BCUT2D eigenvalue weighted by Crippen LogP contribution is -2.38. The third kappa shape index (κ3) is 5.37. The van der Waals surface area contributed by atoms with Crippen molar-refractivity contribution < 1.29 is 4.79 Å². The zero-order chi connectivity index (χ0) is 8.69. The number of nitrogens with two attached hydrogens (primary N) is 1. The lowest BCUT2D eigenvalue weighted by atomic mass is 10.3. The fourth-order valence-electron chi connectivity index (χ4n) is 0.540. The van der Waals surface area contributed by atoms with Gasteiger partial charge in [0.15, 0.2) is 0 Å². The van der Waals surface area contributed by atoms with Gasteiger partial charge in [0.2, 0.25) is 5.91 Å². The Morgan fingerprint density at radius 1 is 1.82 bits per heavy atom. The van der Waals surface area contributed by atoms with Crippen molar-refractivity contribution in [2.75, 3.05) is 6.54 Å². The maximum atomic E-state index is 10.8. The lowest BCUT2D eigenvalue weighted by molar-refractivity contribution is -0.121.